The van der Waals surface area contributed by atoms with E-state index in [-0.39, 0.29) is 11.3 Å². The molecular weight excluding hydrogens is 284 g/mol. The molecule has 1 aliphatic carbocycles. The summed E-state index contributed by atoms with van der Waals surface area (Å²) in [5, 5.41) is 4.01. The van der Waals surface area contributed by atoms with Gasteiger partial charge >= 0.3 is 0 Å². The molecule has 112 valence electrons. The molecule has 0 spiro atoms. The smallest absolute Gasteiger partial charge is 0.263 e. The topological polar surface area (TPSA) is 64.3 Å². The summed E-state index contributed by atoms with van der Waals surface area (Å²) in [6.45, 7) is 1.46. The summed E-state index contributed by atoms with van der Waals surface area (Å²) in [5.74, 6) is -0.0580. The number of ether oxygens (including phenoxy) is 1. The summed E-state index contributed by atoms with van der Waals surface area (Å²) in [7, 11) is 1.71. The lowest BCUT2D eigenvalue weighted by Gasteiger charge is -2.15. The van der Waals surface area contributed by atoms with Gasteiger partial charge in [-0.05, 0) is 30.7 Å². The molecule has 1 fully saturated rings. The van der Waals surface area contributed by atoms with Crippen LogP contribution in [0.3, 0.4) is 0 Å². The molecule has 0 saturated heterocycles. The lowest BCUT2D eigenvalue weighted by atomic mass is 10.0. The maximum Gasteiger partial charge on any atom is 0.263 e. The Balaban J connectivity index is 1.69. The summed E-state index contributed by atoms with van der Waals surface area (Å²) in [6.07, 6.45) is 3.34. The third-order valence-corrected chi connectivity index (χ3v) is 5.44. The highest BCUT2D eigenvalue weighted by molar-refractivity contribution is 7.21. The van der Waals surface area contributed by atoms with Crippen LogP contribution >= 0.6 is 11.3 Å². The minimum absolute atomic E-state index is 0.0580. The van der Waals surface area contributed by atoms with E-state index in [1.165, 1.54) is 24.2 Å². The van der Waals surface area contributed by atoms with Gasteiger partial charge in [0.25, 0.3) is 5.91 Å². The molecule has 3 rings (SSSR count). The first-order valence-corrected chi connectivity index (χ1v) is 8.01. The third kappa shape index (κ3) is 2.89. The molecule has 1 saturated carbocycles. The Morgan fingerprint density at radius 3 is 2.86 bits per heavy atom. The average Bonchev–Trinajstić information content (AvgIpc) is 3.21. The molecule has 2 aromatic rings. The Bertz CT molecular complexity index is 661. The van der Waals surface area contributed by atoms with E-state index in [0.717, 1.165) is 23.1 Å². The van der Waals surface area contributed by atoms with E-state index in [2.05, 4.69) is 5.32 Å². The first-order valence-electron chi connectivity index (χ1n) is 7.19. The predicted molar refractivity (Wildman–Crippen MR) is 86.7 cm³/mol. The first-order chi connectivity index (χ1) is 10.2. The van der Waals surface area contributed by atoms with Gasteiger partial charge in [0.2, 0.25) is 0 Å². The number of methoxy groups -OCH3 is 1. The van der Waals surface area contributed by atoms with Gasteiger partial charge in [0.15, 0.2) is 0 Å². The van der Waals surface area contributed by atoms with Crippen molar-refractivity contribution in [3.63, 3.8) is 0 Å². The summed E-state index contributed by atoms with van der Waals surface area (Å²) < 4.78 is 6.19. The number of amides is 1. The van der Waals surface area contributed by atoms with Crippen LogP contribution in [0.1, 0.15) is 28.9 Å². The van der Waals surface area contributed by atoms with Crippen LogP contribution in [-0.2, 0) is 4.74 Å². The Hall–Kier alpha value is -1.59. The number of nitrogens with one attached hydrogen (secondary N) is 1. The number of fused-ring (bicyclic) bond motifs is 1. The van der Waals surface area contributed by atoms with E-state index in [0.29, 0.717) is 17.1 Å². The van der Waals surface area contributed by atoms with Gasteiger partial charge < -0.3 is 15.8 Å². The van der Waals surface area contributed by atoms with E-state index in [1.807, 2.05) is 24.3 Å². The zero-order valence-corrected chi connectivity index (χ0v) is 13.0. The lowest BCUT2D eigenvalue weighted by Crippen LogP contribution is -2.30. The zero-order chi connectivity index (χ0) is 14.9. The molecule has 3 N–H and O–H groups in total. The van der Waals surface area contributed by atoms with Crippen molar-refractivity contribution in [3.8, 4) is 0 Å². The molecule has 21 heavy (non-hydrogen) atoms. The number of thiophene rings is 1. The van der Waals surface area contributed by atoms with Crippen molar-refractivity contribution in [2.75, 3.05) is 26.0 Å². The fourth-order valence-corrected chi connectivity index (χ4v) is 3.63. The number of anilines is 1. The maximum atomic E-state index is 12.4. The molecule has 1 heterocycles. The van der Waals surface area contributed by atoms with Crippen molar-refractivity contribution >= 4 is 33.0 Å². The van der Waals surface area contributed by atoms with E-state index in [4.69, 9.17) is 10.5 Å². The van der Waals surface area contributed by atoms with Gasteiger partial charge in [-0.3, -0.25) is 4.79 Å². The molecule has 0 aliphatic heterocycles. The Kier molecular flexibility index (Phi) is 3.87. The Morgan fingerprint density at radius 1 is 1.43 bits per heavy atom. The number of carbonyl (C=O) groups excluding carboxylic acids is 1. The van der Waals surface area contributed by atoms with Crippen molar-refractivity contribution in [2.45, 2.75) is 19.3 Å². The minimum atomic E-state index is -0.0580. The molecule has 0 unspecified atom stereocenters. The second-order valence-electron chi connectivity index (χ2n) is 5.77. The molecule has 1 aliphatic rings. The predicted octanol–water partition coefficient (Wildman–Crippen LogP) is 3.03. The summed E-state index contributed by atoms with van der Waals surface area (Å²) >= 11 is 1.46. The van der Waals surface area contributed by atoms with Gasteiger partial charge in [-0.15, -0.1) is 11.3 Å². The Morgan fingerprint density at radius 2 is 2.19 bits per heavy atom. The molecule has 0 bridgehead atoms. The standard InChI is InChI=1S/C16H20N2O2S/c1-20-9-8-16(6-7-16)10-18-15(19)14-13(17)11-4-2-3-5-12(11)21-14/h2-5H,6-10,17H2,1H3,(H,18,19). The van der Waals surface area contributed by atoms with Gasteiger partial charge in [-0.1, -0.05) is 18.2 Å². The van der Waals surface area contributed by atoms with Gasteiger partial charge in [0.05, 0.1) is 5.69 Å². The van der Waals surface area contributed by atoms with Gasteiger partial charge in [-0.2, -0.15) is 0 Å². The molecule has 1 aromatic heterocycles. The van der Waals surface area contributed by atoms with Crippen LogP contribution in [0.25, 0.3) is 10.1 Å². The van der Waals surface area contributed by atoms with E-state index in [9.17, 15) is 4.79 Å². The molecule has 5 heteroatoms. The molecular formula is C16H20N2O2S. The second-order valence-corrected chi connectivity index (χ2v) is 6.82. The number of carbonyl (C=O) groups is 1. The maximum absolute atomic E-state index is 12.4. The van der Waals surface area contributed by atoms with Crippen molar-refractivity contribution < 1.29 is 9.53 Å². The van der Waals surface area contributed by atoms with E-state index in [1.54, 1.807) is 7.11 Å². The van der Waals surface area contributed by atoms with Gasteiger partial charge in [0, 0.05) is 30.3 Å². The van der Waals surface area contributed by atoms with Crippen molar-refractivity contribution in [1.82, 2.24) is 5.32 Å². The van der Waals surface area contributed by atoms with Crippen LogP contribution in [0.15, 0.2) is 24.3 Å². The lowest BCUT2D eigenvalue weighted by molar-refractivity contribution is 0.0943. The number of hydrogen-bond donors (Lipinski definition) is 2. The number of rotatable bonds is 6. The normalized spacial score (nSPS) is 16.0. The number of nitrogen functional groups attached to an aromatic ring is 1. The fourth-order valence-electron chi connectivity index (χ4n) is 2.59. The monoisotopic (exact) mass is 304 g/mol. The highest BCUT2D eigenvalue weighted by Crippen LogP contribution is 2.48. The second kappa shape index (κ2) is 5.66. The summed E-state index contributed by atoms with van der Waals surface area (Å²) in [4.78, 5) is 13.0. The van der Waals surface area contributed by atoms with Crippen LogP contribution in [0.4, 0.5) is 5.69 Å². The van der Waals surface area contributed by atoms with Crippen LogP contribution in [0, 0.1) is 5.41 Å². The van der Waals surface area contributed by atoms with Crippen LogP contribution in [0.2, 0.25) is 0 Å². The van der Waals surface area contributed by atoms with Gasteiger partial charge in [0.1, 0.15) is 4.88 Å². The van der Waals surface area contributed by atoms with Crippen LogP contribution in [0.5, 0.6) is 0 Å². The molecule has 0 radical (unpaired) electrons. The van der Waals surface area contributed by atoms with E-state index < -0.39 is 0 Å². The highest BCUT2D eigenvalue weighted by Gasteiger charge is 2.42. The number of nitrogens with two attached hydrogens (primary N) is 1. The quantitative estimate of drug-likeness (QED) is 0.862. The molecule has 1 aromatic carbocycles. The largest absolute Gasteiger partial charge is 0.397 e. The first kappa shape index (κ1) is 14.4. The van der Waals surface area contributed by atoms with Crippen molar-refractivity contribution in [1.29, 1.82) is 0 Å². The van der Waals surface area contributed by atoms with Crippen LogP contribution in [-0.4, -0.2) is 26.2 Å². The SMILES string of the molecule is COCCC1(CNC(=O)c2sc3ccccc3c2N)CC1. The summed E-state index contributed by atoms with van der Waals surface area (Å²) in [6, 6.07) is 7.86. The van der Waals surface area contributed by atoms with Gasteiger partial charge in [-0.25, -0.2) is 0 Å². The number of hydrogen-bond acceptors (Lipinski definition) is 4. The third-order valence-electron chi connectivity index (χ3n) is 4.26. The molecule has 4 nitrogen and oxygen atoms in total. The fraction of sp³-hybridized carbons (Fsp3) is 0.438. The van der Waals surface area contributed by atoms with E-state index >= 15 is 0 Å². The number of benzene rings is 1. The summed E-state index contributed by atoms with van der Waals surface area (Å²) in [5.41, 5.74) is 6.94. The molecule has 1 amide bonds. The van der Waals surface area contributed by atoms with Crippen LogP contribution < -0.4 is 11.1 Å². The van der Waals surface area contributed by atoms with Crippen molar-refractivity contribution in [3.05, 3.63) is 29.1 Å². The highest BCUT2D eigenvalue weighted by atomic mass is 32.1. The molecule has 0 atom stereocenters. The Labute approximate surface area is 128 Å². The zero-order valence-electron chi connectivity index (χ0n) is 12.1. The van der Waals surface area contributed by atoms with Crippen molar-refractivity contribution in [2.24, 2.45) is 5.41 Å². The minimum Gasteiger partial charge on any atom is -0.397 e. The average molecular weight is 304 g/mol.